The summed E-state index contributed by atoms with van der Waals surface area (Å²) in [6.45, 7) is 1.75. The molecule has 0 bridgehead atoms. The van der Waals surface area contributed by atoms with Gasteiger partial charge < -0.3 is 5.11 Å². The fraction of sp³-hybridized carbons (Fsp3) is 0.143. The van der Waals surface area contributed by atoms with Gasteiger partial charge in [0.2, 0.25) is 0 Å². The van der Waals surface area contributed by atoms with Crippen molar-refractivity contribution in [2.45, 2.75) is 22.8 Å². The Kier molecular flexibility index (Phi) is 4.73. The third kappa shape index (κ3) is 3.29. The van der Waals surface area contributed by atoms with Crippen LogP contribution in [-0.2, 0) is 0 Å². The number of hydrogen-bond donors (Lipinski definition) is 1. The van der Waals surface area contributed by atoms with Crippen LogP contribution in [0.25, 0.3) is 0 Å². The van der Waals surface area contributed by atoms with Crippen molar-refractivity contribution in [1.29, 1.82) is 0 Å². The third-order valence-corrected chi connectivity index (χ3v) is 5.01. The number of halogens is 2. The van der Waals surface area contributed by atoms with Crippen LogP contribution in [0.1, 0.15) is 18.6 Å². The molecule has 0 aromatic heterocycles. The molecule has 94 valence electrons. The van der Waals surface area contributed by atoms with E-state index >= 15 is 0 Å². The molecule has 2 aromatic carbocycles. The number of rotatable bonds is 3. The zero-order valence-corrected chi connectivity index (χ0v) is 12.9. The highest BCUT2D eigenvalue weighted by atomic mass is 79.9. The Balaban J connectivity index is 2.28. The summed E-state index contributed by atoms with van der Waals surface area (Å²) < 4.78 is 0.964. The van der Waals surface area contributed by atoms with Gasteiger partial charge in [-0.05, 0) is 52.7 Å². The van der Waals surface area contributed by atoms with Crippen molar-refractivity contribution in [2.75, 3.05) is 0 Å². The Hall–Kier alpha value is -0.480. The molecule has 0 unspecified atom stereocenters. The molecule has 1 nitrogen and oxygen atoms in total. The molecule has 2 rings (SSSR count). The summed E-state index contributed by atoms with van der Waals surface area (Å²) in [6.07, 6.45) is -0.458. The first kappa shape index (κ1) is 13.9. The molecule has 0 aliphatic heterocycles. The van der Waals surface area contributed by atoms with E-state index < -0.39 is 6.10 Å². The smallest absolute Gasteiger partial charge is 0.0762 e. The molecule has 1 atom stereocenters. The van der Waals surface area contributed by atoms with Crippen LogP contribution in [0, 0.1) is 0 Å². The van der Waals surface area contributed by atoms with E-state index in [2.05, 4.69) is 15.9 Å². The van der Waals surface area contributed by atoms with Gasteiger partial charge in [0, 0.05) is 14.3 Å². The second-order valence-electron chi connectivity index (χ2n) is 3.90. The quantitative estimate of drug-likeness (QED) is 0.815. The summed E-state index contributed by atoms with van der Waals surface area (Å²) in [7, 11) is 0. The minimum atomic E-state index is -0.458. The Bertz CT molecular complexity index is 557. The van der Waals surface area contributed by atoms with Crippen LogP contribution in [0.4, 0.5) is 0 Å². The lowest BCUT2D eigenvalue weighted by molar-refractivity contribution is 0.199. The summed E-state index contributed by atoms with van der Waals surface area (Å²) in [5, 5.41) is 10.3. The molecule has 0 saturated carbocycles. The Labute approximate surface area is 124 Å². The topological polar surface area (TPSA) is 20.2 Å². The van der Waals surface area contributed by atoms with Crippen molar-refractivity contribution in [2.24, 2.45) is 0 Å². The van der Waals surface area contributed by atoms with Crippen molar-refractivity contribution in [3.05, 3.63) is 57.5 Å². The minimum Gasteiger partial charge on any atom is -0.389 e. The maximum atomic E-state index is 9.52. The van der Waals surface area contributed by atoms with Gasteiger partial charge in [-0.3, -0.25) is 0 Å². The number of benzene rings is 2. The highest BCUT2D eigenvalue weighted by Crippen LogP contribution is 2.37. The van der Waals surface area contributed by atoms with Crippen molar-refractivity contribution >= 4 is 39.3 Å². The van der Waals surface area contributed by atoms with Crippen LogP contribution in [-0.4, -0.2) is 5.11 Å². The number of aliphatic hydroxyl groups excluding tert-OH is 1. The molecule has 18 heavy (non-hydrogen) atoms. The van der Waals surface area contributed by atoms with E-state index in [9.17, 15) is 5.11 Å². The molecule has 0 saturated heterocycles. The lowest BCUT2D eigenvalue weighted by atomic mass is 10.1. The summed E-state index contributed by atoms with van der Waals surface area (Å²) in [4.78, 5) is 2.09. The van der Waals surface area contributed by atoms with Crippen LogP contribution >= 0.6 is 39.3 Å². The van der Waals surface area contributed by atoms with E-state index in [0.29, 0.717) is 0 Å². The Morgan fingerprint density at radius 3 is 2.50 bits per heavy atom. The second-order valence-corrected chi connectivity index (χ2v) is 6.24. The highest BCUT2D eigenvalue weighted by Gasteiger charge is 2.08. The normalized spacial score (nSPS) is 12.4. The average molecular weight is 344 g/mol. The predicted molar refractivity (Wildman–Crippen MR) is 80.4 cm³/mol. The minimum absolute atomic E-state index is 0.458. The monoisotopic (exact) mass is 342 g/mol. The molecular weight excluding hydrogens is 332 g/mol. The molecule has 4 heteroatoms. The van der Waals surface area contributed by atoms with Crippen molar-refractivity contribution in [3.8, 4) is 0 Å². The first-order chi connectivity index (χ1) is 8.58. The highest BCUT2D eigenvalue weighted by molar-refractivity contribution is 9.10. The zero-order chi connectivity index (χ0) is 13.1. The van der Waals surface area contributed by atoms with Crippen molar-refractivity contribution in [1.82, 2.24) is 0 Å². The largest absolute Gasteiger partial charge is 0.389 e. The van der Waals surface area contributed by atoms with Crippen LogP contribution in [0.5, 0.6) is 0 Å². The summed E-state index contributed by atoms with van der Waals surface area (Å²) in [5.74, 6) is 0. The third-order valence-electron chi connectivity index (χ3n) is 2.49. The van der Waals surface area contributed by atoms with Gasteiger partial charge in [0.25, 0.3) is 0 Å². The summed E-state index contributed by atoms with van der Waals surface area (Å²) in [5.41, 5.74) is 0.894. The SMILES string of the molecule is C[C@@H](O)c1ccc(Sc2ccccc2Cl)c(Br)c1. The maximum absolute atomic E-state index is 9.52. The van der Waals surface area contributed by atoms with Crippen LogP contribution in [0.3, 0.4) is 0 Å². The van der Waals surface area contributed by atoms with Gasteiger partial charge in [-0.1, -0.05) is 41.6 Å². The van der Waals surface area contributed by atoms with Crippen LogP contribution in [0.15, 0.2) is 56.7 Å². The Morgan fingerprint density at radius 2 is 1.89 bits per heavy atom. The van der Waals surface area contributed by atoms with Gasteiger partial charge in [-0.25, -0.2) is 0 Å². The molecule has 2 aromatic rings. The van der Waals surface area contributed by atoms with Gasteiger partial charge in [0.1, 0.15) is 0 Å². The number of hydrogen-bond acceptors (Lipinski definition) is 2. The molecule has 0 spiro atoms. The second kappa shape index (κ2) is 6.11. The maximum Gasteiger partial charge on any atom is 0.0762 e. The summed E-state index contributed by atoms with van der Waals surface area (Å²) >= 11 is 11.3. The molecule has 0 radical (unpaired) electrons. The predicted octanol–water partition coefficient (Wildman–Crippen LogP) is 5.31. The van der Waals surface area contributed by atoms with Gasteiger partial charge >= 0.3 is 0 Å². The zero-order valence-electron chi connectivity index (χ0n) is 9.73. The van der Waals surface area contributed by atoms with E-state index in [1.165, 1.54) is 0 Å². The molecule has 0 amide bonds. The van der Waals surface area contributed by atoms with Gasteiger partial charge in [-0.2, -0.15) is 0 Å². The molecule has 0 aliphatic rings. The Morgan fingerprint density at radius 1 is 1.17 bits per heavy atom. The molecule has 0 fully saturated rings. The molecule has 0 heterocycles. The molecule has 1 N–H and O–H groups in total. The lowest BCUT2D eigenvalue weighted by Gasteiger charge is -2.09. The van der Waals surface area contributed by atoms with Crippen molar-refractivity contribution in [3.63, 3.8) is 0 Å². The molecule has 0 aliphatic carbocycles. The first-order valence-electron chi connectivity index (χ1n) is 5.48. The fourth-order valence-corrected chi connectivity index (χ4v) is 3.24. The van der Waals surface area contributed by atoms with E-state index in [4.69, 9.17) is 11.6 Å². The van der Waals surface area contributed by atoms with Crippen LogP contribution < -0.4 is 0 Å². The van der Waals surface area contributed by atoms with E-state index in [0.717, 1.165) is 24.8 Å². The fourth-order valence-electron chi connectivity index (χ4n) is 1.51. The van der Waals surface area contributed by atoms with E-state index in [1.54, 1.807) is 18.7 Å². The molecular formula is C14H12BrClOS. The number of aliphatic hydroxyl groups is 1. The van der Waals surface area contributed by atoms with Gasteiger partial charge in [-0.15, -0.1) is 0 Å². The van der Waals surface area contributed by atoms with Crippen molar-refractivity contribution < 1.29 is 5.11 Å². The lowest BCUT2D eigenvalue weighted by Crippen LogP contribution is -1.90. The van der Waals surface area contributed by atoms with Gasteiger partial charge in [0.15, 0.2) is 0 Å². The van der Waals surface area contributed by atoms with E-state index in [1.807, 2.05) is 42.5 Å². The van der Waals surface area contributed by atoms with Gasteiger partial charge in [0.05, 0.1) is 11.1 Å². The summed E-state index contributed by atoms with van der Waals surface area (Å²) in [6, 6.07) is 13.6. The first-order valence-corrected chi connectivity index (χ1v) is 7.46. The standard InChI is InChI=1S/C14H12BrClOS/c1-9(17)10-6-7-13(11(15)8-10)18-14-5-3-2-4-12(14)16/h2-9,17H,1H3/t9-/m1/s1. The average Bonchev–Trinajstić information content (AvgIpc) is 2.34. The van der Waals surface area contributed by atoms with Crippen LogP contribution in [0.2, 0.25) is 5.02 Å². The van der Waals surface area contributed by atoms with E-state index in [-0.39, 0.29) is 0 Å².